The number of carbonyl (C=O) groups is 2. The van der Waals surface area contributed by atoms with Crippen molar-refractivity contribution in [3.8, 4) is 0 Å². The molecule has 2 rings (SSSR count). The van der Waals surface area contributed by atoms with Crippen molar-refractivity contribution < 1.29 is 9.59 Å². The highest BCUT2D eigenvalue weighted by Crippen LogP contribution is 2.33. The summed E-state index contributed by atoms with van der Waals surface area (Å²) in [5.74, 6) is -0.838. The molecule has 1 aliphatic rings. The molecule has 98 valence electrons. The summed E-state index contributed by atoms with van der Waals surface area (Å²) >= 11 is 4.82. The lowest BCUT2D eigenvalue weighted by Gasteiger charge is -2.35. The SMILES string of the molecule is C=C(C)C1(Cc2ccccc2)C(=O)NC(=S)NC1=O. The van der Waals surface area contributed by atoms with E-state index in [-0.39, 0.29) is 11.5 Å². The first-order chi connectivity index (χ1) is 8.96. The van der Waals surface area contributed by atoms with Gasteiger partial charge in [-0.1, -0.05) is 42.5 Å². The zero-order valence-corrected chi connectivity index (χ0v) is 11.3. The second-order valence-electron chi connectivity index (χ2n) is 4.59. The minimum absolute atomic E-state index is 0.0416. The molecule has 2 N–H and O–H groups in total. The molecule has 0 saturated carbocycles. The lowest BCUT2D eigenvalue weighted by atomic mass is 9.73. The molecule has 0 unspecified atom stereocenters. The zero-order chi connectivity index (χ0) is 14.0. The van der Waals surface area contributed by atoms with Gasteiger partial charge >= 0.3 is 0 Å². The summed E-state index contributed by atoms with van der Waals surface area (Å²) in [6.07, 6.45) is 0.267. The Hall–Kier alpha value is -2.01. The Morgan fingerprint density at radius 3 is 2.21 bits per heavy atom. The minimum Gasteiger partial charge on any atom is -0.302 e. The van der Waals surface area contributed by atoms with E-state index in [0.29, 0.717) is 5.57 Å². The fourth-order valence-corrected chi connectivity index (χ4v) is 2.34. The third kappa shape index (κ3) is 2.29. The van der Waals surface area contributed by atoms with Gasteiger partial charge in [-0.3, -0.25) is 9.59 Å². The summed E-state index contributed by atoms with van der Waals surface area (Å²) in [5, 5.41) is 5.05. The molecule has 0 aromatic heterocycles. The molecular formula is C14H14N2O2S. The maximum Gasteiger partial charge on any atom is 0.246 e. The van der Waals surface area contributed by atoms with Crippen LogP contribution in [0, 0.1) is 5.41 Å². The number of hydrogen-bond acceptors (Lipinski definition) is 3. The van der Waals surface area contributed by atoms with Crippen molar-refractivity contribution in [2.24, 2.45) is 5.41 Å². The average Bonchev–Trinajstić information content (AvgIpc) is 2.34. The molecule has 0 aliphatic carbocycles. The van der Waals surface area contributed by atoms with Crippen molar-refractivity contribution in [3.05, 3.63) is 48.0 Å². The van der Waals surface area contributed by atoms with Gasteiger partial charge in [0.2, 0.25) is 11.8 Å². The van der Waals surface area contributed by atoms with Crippen LogP contribution >= 0.6 is 12.2 Å². The Morgan fingerprint density at radius 2 is 1.74 bits per heavy atom. The van der Waals surface area contributed by atoms with Gasteiger partial charge in [0.25, 0.3) is 0 Å². The number of hydrogen-bond donors (Lipinski definition) is 2. The van der Waals surface area contributed by atoms with Gasteiger partial charge in [0.15, 0.2) is 10.5 Å². The van der Waals surface area contributed by atoms with Crippen LogP contribution in [0.4, 0.5) is 0 Å². The smallest absolute Gasteiger partial charge is 0.246 e. The summed E-state index contributed by atoms with van der Waals surface area (Å²) in [7, 11) is 0. The fourth-order valence-electron chi connectivity index (χ4n) is 2.16. The van der Waals surface area contributed by atoms with Crippen LogP contribution in [0.1, 0.15) is 12.5 Å². The number of amides is 2. The third-order valence-corrected chi connectivity index (χ3v) is 3.47. The third-order valence-electron chi connectivity index (χ3n) is 3.27. The van der Waals surface area contributed by atoms with E-state index < -0.39 is 17.2 Å². The maximum absolute atomic E-state index is 12.3. The van der Waals surface area contributed by atoms with Gasteiger partial charge in [0.05, 0.1) is 0 Å². The van der Waals surface area contributed by atoms with Crippen LogP contribution in [-0.4, -0.2) is 16.9 Å². The number of rotatable bonds is 3. The zero-order valence-electron chi connectivity index (χ0n) is 10.5. The van der Waals surface area contributed by atoms with Crippen molar-refractivity contribution in [1.82, 2.24) is 10.6 Å². The summed E-state index contributed by atoms with van der Waals surface area (Å²) in [6.45, 7) is 5.49. The molecular weight excluding hydrogens is 260 g/mol. The van der Waals surface area contributed by atoms with E-state index in [9.17, 15) is 9.59 Å². The van der Waals surface area contributed by atoms with E-state index in [4.69, 9.17) is 12.2 Å². The molecule has 19 heavy (non-hydrogen) atoms. The summed E-state index contributed by atoms with van der Waals surface area (Å²) in [6, 6.07) is 9.36. The second-order valence-corrected chi connectivity index (χ2v) is 4.99. The van der Waals surface area contributed by atoms with E-state index >= 15 is 0 Å². The number of benzene rings is 1. The summed E-state index contributed by atoms with van der Waals surface area (Å²) < 4.78 is 0. The van der Waals surface area contributed by atoms with Crippen LogP contribution in [0.3, 0.4) is 0 Å². The van der Waals surface area contributed by atoms with Crippen molar-refractivity contribution in [1.29, 1.82) is 0 Å². The van der Waals surface area contributed by atoms with Crippen molar-refractivity contribution in [2.45, 2.75) is 13.3 Å². The highest BCUT2D eigenvalue weighted by atomic mass is 32.1. The van der Waals surface area contributed by atoms with Crippen LogP contribution in [0.15, 0.2) is 42.5 Å². The quantitative estimate of drug-likeness (QED) is 0.496. The first-order valence-electron chi connectivity index (χ1n) is 5.83. The minimum atomic E-state index is -1.30. The largest absolute Gasteiger partial charge is 0.302 e. The van der Waals surface area contributed by atoms with Gasteiger partial charge in [-0.25, -0.2) is 0 Å². The molecule has 1 aromatic rings. The normalized spacial score (nSPS) is 17.6. The monoisotopic (exact) mass is 274 g/mol. The maximum atomic E-state index is 12.3. The van der Waals surface area contributed by atoms with Gasteiger partial charge in [0, 0.05) is 0 Å². The summed E-state index contributed by atoms with van der Waals surface area (Å²) in [4.78, 5) is 24.5. The fraction of sp³-hybridized carbons (Fsp3) is 0.214. The van der Waals surface area contributed by atoms with Crippen molar-refractivity contribution in [3.63, 3.8) is 0 Å². The van der Waals surface area contributed by atoms with Crippen LogP contribution in [0.2, 0.25) is 0 Å². The predicted molar refractivity (Wildman–Crippen MR) is 76.3 cm³/mol. The predicted octanol–water partition coefficient (Wildman–Crippen LogP) is 1.32. The van der Waals surface area contributed by atoms with Gasteiger partial charge in [-0.2, -0.15) is 0 Å². The molecule has 5 heteroatoms. The van der Waals surface area contributed by atoms with Gasteiger partial charge in [-0.05, 0) is 31.1 Å². The molecule has 4 nitrogen and oxygen atoms in total. The molecule has 0 bridgehead atoms. The Balaban J connectivity index is 2.43. The van der Waals surface area contributed by atoms with Crippen LogP contribution < -0.4 is 10.6 Å². The number of thiocarbonyl (C=S) groups is 1. The Morgan fingerprint density at radius 1 is 1.21 bits per heavy atom. The Bertz CT molecular complexity index is 546. The molecule has 0 spiro atoms. The second kappa shape index (κ2) is 4.93. The van der Waals surface area contributed by atoms with Crippen LogP contribution in [0.25, 0.3) is 0 Å². The lowest BCUT2D eigenvalue weighted by molar-refractivity contribution is -0.140. The first-order valence-corrected chi connectivity index (χ1v) is 6.24. The van der Waals surface area contributed by atoms with Gasteiger partial charge < -0.3 is 10.6 Å². The van der Waals surface area contributed by atoms with Crippen LogP contribution in [-0.2, 0) is 16.0 Å². The van der Waals surface area contributed by atoms with Crippen molar-refractivity contribution in [2.75, 3.05) is 0 Å². The molecule has 2 amide bonds. The van der Waals surface area contributed by atoms with Gasteiger partial charge in [-0.15, -0.1) is 0 Å². The van der Waals surface area contributed by atoms with Gasteiger partial charge in [0.1, 0.15) is 0 Å². The average molecular weight is 274 g/mol. The van der Waals surface area contributed by atoms with E-state index in [1.165, 1.54) is 0 Å². The molecule has 0 atom stereocenters. The number of nitrogens with one attached hydrogen (secondary N) is 2. The molecule has 1 fully saturated rings. The Kier molecular flexibility index (Phi) is 3.48. The molecule has 1 aromatic carbocycles. The molecule has 1 heterocycles. The van der Waals surface area contributed by atoms with E-state index in [1.807, 2.05) is 30.3 Å². The highest BCUT2D eigenvalue weighted by molar-refractivity contribution is 7.80. The molecule has 0 radical (unpaired) electrons. The highest BCUT2D eigenvalue weighted by Gasteiger charge is 2.50. The van der Waals surface area contributed by atoms with Crippen LogP contribution in [0.5, 0.6) is 0 Å². The summed E-state index contributed by atoms with van der Waals surface area (Å²) in [5.41, 5.74) is 0.0846. The van der Waals surface area contributed by atoms with E-state index in [2.05, 4.69) is 17.2 Å². The Labute approximate surface area is 116 Å². The molecule has 1 saturated heterocycles. The van der Waals surface area contributed by atoms with E-state index in [0.717, 1.165) is 5.56 Å². The molecule has 1 aliphatic heterocycles. The first kappa shape index (κ1) is 13.4. The topological polar surface area (TPSA) is 58.2 Å². The van der Waals surface area contributed by atoms with Crippen molar-refractivity contribution >= 4 is 29.1 Å². The number of carbonyl (C=O) groups excluding carboxylic acids is 2. The standard InChI is InChI=1S/C14H14N2O2S/c1-9(2)14(8-10-6-4-3-5-7-10)11(17)15-13(19)16-12(14)18/h3-7H,1,8H2,2H3,(H2,15,16,17,18,19). The lowest BCUT2D eigenvalue weighted by Crippen LogP contribution is -2.63. The van der Waals surface area contributed by atoms with E-state index in [1.54, 1.807) is 6.92 Å².